The first kappa shape index (κ1) is 32.9. The van der Waals surface area contributed by atoms with Crippen molar-refractivity contribution in [3.8, 4) is 0 Å². The summed E-state index contributed by atoms with van der Waals surface area (Å²) in [6.07, 6.45) is 2.43. The number of hydrogen-bond acceptors (Lipinski definition) is 3. The zero-order valence-corrected chi connectivity index (χ0v) is 31.6. The van der Waals surface area contributed by atoms with Crippen molar-refractivity contribution < 1.29 is 9.90 Å². The Morgan fingerprint density at radius 1 is 0.818 bits per heavy atom. The molecule has 0 amide bonds. The van der Waals surface area contributed by atoms with E-state index in [1.807, 2.05) is 12.1 Å². The lowest BCUT2D eigenvalue weighted by atomic mass is 9.77. The summed E-state index contributed by atoms with van der Waals surface area (Å²) in [5.74, 6) is 0.0932. The Hall–Kier alpha value is -2.45. The highest BCUT2D eigenvalue weighted by atomic mass is 28.3. The highest BCUT2D eigenvalue weighted by Gasteiger charge is 2.45. The molecule has 0 aromatic heterocycles. The second-order valence-electron chi connectivity index (χ2n) is 17.4. The molecule has 6 heteroatoms. The van der Waals surface area contributed by atoms with Gasteiger partial charge in [0.05, 0.1) is 16.6 Å². The van der Waals surface area contributed by atoms with Crippen molar-refractivity contribution in [3.05, 3.63) is 69.4 Å². The lowest BCUT2D eigenvalue weighted by Gasteiger charge is -2.32. The van der Waals surface area contributed by atoms with E-state index in [2.05, 4.69) is 115 Å². The van der Waals surface area contributed by atoms with E-state index in [0.717, 1.165) is 23.9 Å². The van der Waals surface area contributed by atoms with Crippen molar-refractivity contribution >= 4 is 38.8 Å². The van der Waals surface area contributed by atoms with Gasteiger partial charge in [0.25, 0.3) is 0 Å². The van der Waals surface area contributed by atoms with Crippen LogP contribution in [0.3, 0.4) is 0 Å². The molecule has 44 heavy (non-hydrogen) atoms. The maximum atomic E-state index is 13.8. The molecule has 3 aliphatic rings. The van der Waals surface area contributed by atoms with Crippen LogP contribution in [0.15, 0.2) is 42.2 Å². The van der Waals surface area contributed by atoms with Gasteiger partial charge in [0.15, 0.2) is 6.04 Å². The third-order valence-corrected chi connectivity index (χ3v) is 14.9. The molecule has 0 radical (unpaired) electrons. The summed E-state index contributed by atoms with van der Waals surface area (Å²) in [5, 5.41) is 13.5. The first-order valence-electron chi connectivity index (χ1n) is 16.9. The second kappa shape index (κ2) is 11.1. The highest BCUT2D eigenvalue weighted by Crippen LogP contribution is 2.47. The normalized spacial score (nSPS) is 23.7. The number of ketones is 1. The van der Waals surface area contributed by atoms with E-state index >= 15 is 0 Å². The minimum absolute atomic E-state index is 0.0385. The van der Waals surface area contributed by atoms with Gasteiger partial charge < -0.3 is 10.0 Å². The predicted molar refractivity (Wildman–Crippen MR) is 194 cm³/mol. The minimum Gasteiger partial charge on any atom is -0.506 e. The Bertz CT molecular complexity index is 1650. The molecule has 2 aromatic rings. The number of aliphatic hydroxyl groups excluding tert-OH is 1. The van der Waals surface area contributed by atoms with Gasteiger partial charge in [-0.15, -0.1) is 0 Å². The van der Waals surface area contributed by atoms with E-state index in [1.165, 1.54) is 47.1 Å². The average molecular weight is 630 g/mol. The summed E-state index contributed by atoms with van der Waals surface area (Å²) < 4.78 is 2.56. The molecule has 0 spiro atoms. The third kappa shape index (κ3) is 5.70. The van der Waals surface area contributed by atoms with E-state index in [9.17, 15) is 9.90 Å². The van der Waals surface area contributed by atoms with Crippen LogP contribution in [0.4, 0.5) is 5.69 Å². The molecule has 1 aliphatic carbocycles. The van der Waals surface area contributed by atoms with Gasteiger partial charge in [0, 0.05) is 57.9 Å². The first-order chi connectivity index (χ1) is 20.3. The molecule has 2 unspecified atom stereocenters. The zero-order chi connectivity index (χ0) is 32.6. The summed E-state index contributed by atoms with van der Waals surface area (Å²) >= 11 is 0. The molecule has 5 rings (SSSR count). The van der Waals surface area contributed by atoms with Crippen LogP contribution in [0.2, 0.25) is 51.4 Å². The molecular formula is C38H57N2O2Si2+. The molecule has 2 atom stereocenters. The standard InChI is InChI=1S/C38H56N2O2Si2/c1-25-37(3,4)29-23-27(15-17-31(29)39(25)19-13-21-43(7,8)9)33-35(41)34(36(33)42)28-16-18-32-30(24-28)38(5,6)26(2)40(32)20-14-22-44(10,11)12/h15-18,23-26H,13-14,19-22H2,1-12H3/p+1. The van der Waals surface area contributed by atoms with Crippen molar-refractivity contribution in [1.29, 1.82) is 0 Å². The molecule has 4 nitrogen and oxygen atoms in total. The Labute approximate surface area is 268 Å². The number of aliphatic hydroxyl groups is 1. The van der Waals surface area contributed by atoms with Crippen LogP contribution in [0.1, 0.15) is 71.1 Å². The predicted octanol–water partition coefficient (Wildman–Crippen LogP) is 7.50. The Kier molecular flexibility index (Phi) is 8.32. The van der Waals surface area contributed by atoms with Gasteiger partial charge in [-0.25, -0.2) is 4.58 Å². The van der Waals surface area contributed by atoms with Gasteiger partial charge in [-0.05, 0) is 74.7 Å². The number of carbonyl (C=O) groups excluding carboxylic acids is 1. The smallest absolute Gasteiger partial charge is 0.204 e. The number of Topliss-reactive ketones (excluding diaryl/α,β-unsaturated/α-hetero) is 1. The number of allylic oxidation sites excluding steroid dienone is 2. The molecule has 0 saturated carbocycles. The molecule has 2 aromatic carbocycles. The Morgan fingerprint density at radius 2 is 1.45 bits per heavy atom. The molecule has 238 valence electrons. The van der Waals surface area contributed by atoms with Crippen molar-refractivity contribution in [2.45, 2.75) is 129 Å². The molecule has 2 aliphatic heterocycles. The summed E-state index contributed by atoms with van der Waals surface area (Å²) in [4.78, 5) is 16.3. The zero-order valence-electron chi connectivity index (χ0n) is 29.6. The molecule has 0 fully saturated rings. The number of rotatable bonds is 9. The van der Waals surface area contributed by atoms with Crippen LogP contribution in [0, 0.1) is 0 Å². The van der Waals surface area contributed by atoms with Crippen LogP contribution >= 0.6 is 0 Å². The van der Waals surface area contributed by atoms with Crippen molar-refractivity contribution in [3.63, 3.8) is 0 Å². The van der Waals surface area contributed by atoms with Gasteiger partial charge in [0.2, 0.25) is 11.1 Å². The summed E-state index contributed by atoms with van der Waals surface area (Å²) in [7, 11) is -2.17. The second-order valence-corrected chi connectivity index (χ2v) is 28.6. The molecule has 2 heterocycles. The summed E-state index contributed by atoms with van der Waals surface area (Å²) in [6, 6.07) is 16.2. The van der Waals surface area contributed by atoms with Crippen molar-refractivity contribution in [2.24, 2.45) is 0 Å². The van der Waals surface area contributed by atoms with E-state index in [4.69, 9.17) is 0 Å². The van der Waals surface area contributed by atoms with E-state index in [-0.39, 0.29) is 22.4 Å². The SMILES string of the molecule is CC1N(CCC[Si](C)(C)C)c2ccc(C3=C(O)/C(=c4\ccc5c(c4)C(C)(C)C(C)[N+]=5CCC[Si](C)(C)C)C3=O)cc2C1(C)C. The number of benzene rings is 2. The van der Waals surface area contributed by atoms with Crippen LogP contribution < -0.4 is 20.1 Å². The average Bonchev–Trinajstić information content (AvgIpc) is 3.21. The summed E-state index contributed by atoms with van der Waals surface area (Å²) in [5.41, 5.74) is 5.52. The van der Waals surface area contributed by atoms with E-state index in [0.29, 0.717) is 23.2 Å². The number of nitrogens with zero attached hydrogens (tertiary/aromatic N) is 2. The van der Waals surface area contributed by atoms with Gasteiger partial charge in [-0.3, -0.25) is 4.79 Å². The molecule has 0 bridgehead atoms. The maximum absolute atomic E-state index is 13.8. The van der Waals surface area contributed by atoms with Gasteiger partial charge >= 0.3 is 0 Å². The van der Waals surface area contributed by atoms with Crippen LogP contribution in [0.25, 0.3) is 11.1 Å². The fraction of sp³-hybridized carbons (Fsp3) is 0.579. The van der Waals surface area contributed by atoms with Crippen molar-refractivity contribution in [2.75, 3.05) is 18.0 Å². The van der Waals surface area contributed by atoms with Crippen LogP contribution in [-0.4, -0.2) is 52.2 Å². The minimum atomic E-state index is -1.08. The van der Waals surface area contributed by atoms with Gasteiger partial charge in [-0.1, -0.05) is 71.3 Å². The maximum Gasteiger partial charge on any atom is 0.204 e. The molecule has 0 saturated heterocycles. The Balaban J connectivity index is 1.49. The molecular weight excluding hydrogens is 573 g/mol. The number of carbonyl (C=O) groups is 1. The fourth-order valence-corrected chi connectivity index (χ4v) is 10.1. The number of anilines is 1. The molecule has 1 N–H and O–H groups in total. The van der Waals surface area contributed by atoms with Gasteiger partial charge in [-0.2, -0.15) is 0 Å². The van der Waals surface area contributed by atoms with Gasteiger partial charge in [0.1, 0.15) is 12.3 Å². The topological polar surface area (TPSA) is 43.5 Å². The summed E-state index contributed by atoms with van der Waals surface area (Å²) in [6.45, 7) is 30.7. The largest absolute Gasteiger partial charge is 0.506 e. The first-order valence-corrected chi connectivity index (χ1v) is 24.4. The van der Waals surface area contributed by atoms with Crippen LogP contribution in [0.5, 0.6) is 0 Å². The quantitative estimate of drug-likeness (QED) is 0.231. The lowest BCUT2D eigenvalue weighted by molar-refractivity contribution is -0.109. The Morgan fingerprint density at radius 3 is 2.07 bits per heavy atom. The van der Waals surface area contributed by atoms with Crippen molar-refractivity contribution in [1.82, 2.24) is 4.58 Å². The van der Waals surface area contributed by atoms with E-state index < -0.39 is 16.1 Å². The van der Waals surface area contributed by atoms with E-state index in [1.54, 1.807) is 0 Å². The number of hydrogen-bond donors (Lipinski definition) is 1. The monoisotopic (exact) mass is 629 g/mol. The third-order valence-electron chi connectivity index (χ3n) is 11.2. The number of fused-ring (bicyclic) bond motifs is 2. The van der Waals surface area contributed by atoms with Crippen LogP contribution in [-0.2, 0) is 15.6 Å². The highest BCUT2D eigenvalue weighted by molar-refractivity contribution is 6.76. The fourth-order valence-electron chi connectivity index (χ4n) is 7.69. The lowest BCUT2D eigenvalue weighted by Crippen LogP contribution is -2.39.